The quantitative estimate of drug-likeness (QED) is 0.727. The number of piperazine rings is 1. The van der Waals surface area contributed by atoms with E-state index in [4.69, 9.17) is 0 Å². The van der Waals surface area contributed by atoms with E-state index in [0.717, 1.165) is 25.7 Å². The fourth-order valence-corrected chi connectivity index (χ4v) is 2.77. The molecule has 2 nitrogen and oxygen atoms in total. The van der Waals surface area contributed by atoms with Gasteiger partial charge in [-0.2, -0.15) is 13.2 Å². The number of halogens is 3. The molecule has 0 spiro atoms. The summed E-state index contributed by atoms with van der Waals surface area (Å²) in [5.74, 6) is 0. The predicted molar refractivity (Wildman–Crippen MR) is 51.7 cm³/mol. The van der Waals surface area contributed by atoms with Crippen molar-refractivity contribution in [2.45, 2.75) is 43.9 Å². The molecule has 2 rings (SSSR count). The van der Waals surface area contributed by atoms with Crippen molar-refractivity contribution in [2.75, 3.05) is 19.6 Å². The summed E-state index contributed by atoms with van der Waals surface area (Å²) in [5, 5.41) is 3.33. The van der Waals surface area contributed by atoms with Gasteiger partial charge in [0.05, 0.1) is 6.54 Å². The van der Waals surface area contributed by atoms with E-state index in [1.165, 1.54) is 0 Å². The van der Waals surface area contributed by atoms with Gasteiger partial charge in [-0.05, 0) is 12.8 Å². The van der Waals surface area contributed by atoms with Crippen molar-refractivity contribution in [3.8, 4) is 0 Å². The second kappa shape index (κ2) is 4.29. The molecule has 0 aromatic carbocycles. The van der Waals surface area contributed by atoms with Crippen LogP contribution in [-0.4, -0.2) is 42.8 Å². The molecule has 1 saturated heterocycles. The zero-order chi connectivity index (χ0) is 10.9. The summed E-state index contributed by atoms with van der Waals surface area (Å²) in [6, 6.07) is 0.393. The van der Waals surface area contributed by atoms with Gasteiger partial charge in [0, 0.05) is 25.2 Å². The van der Waals surface area contributed by atoms with E-state index in [0.29, 0.717) is 13.1 Å². The lowest BCUT2D eigenvalue weighted by Crippen LogP contribution is -2.60. The molecule has 0 unspecified atom stereocenters. The Bertz CT molecular complexity index is 215. The highest BCUT2D eigenvalue weighted by Gasteiger charge is 2.39. The molecule has 0 radical (unpaired) electrons. The highest BCUT2D eigenvalue weighted by Crippen LogP contribution is 2.28. The number of nitrogens with zero attached hydrogens (tertiary/aromatic N) is 1. The molecule has 1 aliphatic carbocycles. The van der Waals surface area contributed by atoms with Crippen LogP contribution in [-0.2, 0) is 0 Å². The average Bonchev–Trinajstić information content (AvgIpc) is 2.16. The van der Waals surface area contributed by atoms with Gasteiger partial charge in [0.1, 0.15) is 0 Å². The Morgan fingerprint density at radius 2 is 1.93 bits per heavy atom. The average molecular weight is 222 g/mol. The first-order valence-corrected chi connectivity index (χ1v) is 5.60. The van der Waals surface area contributed by atoms with Gasteiger partial charge >= 0.3 is 6.18 Å². The molecule has 2 atom stereocenters. The van der Waals surface area contributed by atoms with E-state index >= 15 is 0 Å². The summed E-state index contributed by atoms with van der Waals surface area (Å²) < 4.78 is 37.0. The van der Waals surface area contributed by atoms with Gasteiger partial charge in [0.25, 0.3) is 0 Å². The van der Waals surface area contributed by atoms with E-state index in [1.54, 1.807) is 4.90 Å². The smallest absolute Gasteiger partial charge is 0.311 e. The van der Waals surface area contributed by atoms with Crippen LogP contribution in [0, 0.1) is 0 Å². The second-order valence-electron chi connectivity index (χ2n) is 4.50. The first kappa shape index (κ1) is 11.2. The minimum absolute atomic E-state index is 0.106. The Morgan fingerprint density at radius 3 is 2.67 bits per heavy atom. The Kier molecular flexibility index (Phi) is 3.21. The van der Waals surface area contributed by atoms with Crippen LogP contribution in [0.1, 0.15) is 25.7 Å². The Morgan fingerprint density at radius 1 is 1.20 bits per heavy atom. The van der Waals surface area contributed by atoms with E-state index in [2.05, 4.69) is 5.32 Å². The van der Waals surface area contributed by atoms with Crippen molar-refractivity contribution < 1.29 is 13.2 Å². The lowest BCUT2D eigenvalue weighted by Gasteiger charge is -2.44. The van der Waals surface area contributed by atoms with E-state index in [1.807, 2.05) is 0 Å². The molecule has 1 saturated carbocycles. The monoisotopic (exact) mass is 222 g/mol. The molecule has 1 heterocycles. The van der Waals surface area contributed by atoms with Crippen LogP contribution in [0.2, 0.25) is 0 Å². The number of hydrogen-bond acceptors (Lipinski definition) is 2. The van der Waals surface area contributed by atoms with Crippen LogP contribution in [0.15, 0.2) is 0 Å². The normalized spacial score (nSPS) is 33.8. The summed E-state index contributed by atoms with van der Waals surface area (Å²) in [6.07, 6.45) is 0.0946. The van der Waals surface area contributed by atoms with Crippen LogP contribution < -0.4 is 5.32 Å². The van der Waals surface area contributed by atoms with Crippen LogP contribution >= 0.6 is 0 Å². The van der Waals surface area contributed by atoms with Crippen LogP contribution in [0.25, 0.3) is 0 Å². The summed E-state index contributed by atoms with van der Waals surface area (Å²) >= 11 is 0. The molecule has 5 heteroatoms. The third-order valence-electron chi connectivity index (χ3n) is 3.39. The Hall–Kier alpha value is -0.290. The predicted octanol–water partition coefficient (Wildman–Crippen LogP) is 1.77. The molecule has 88 valence electrons. The van der Waals surface area contributed by atoms with Crippen molar-refractivity contribution in [3.63, 3.8) is 0 Å². The molecule has 0 amide bonds. The summed E-state index contributed by atoms with van der Waals surface area (Å²) in [5.41, 5.74) is 0. The highest BCUT2D eigenvalue weighted by atomic mass is 19.4. The van der Waals surface area contributed by atoms with E-state index in [-0.39, 0.29) is 12.1 Å². The zero-order valence-electron chi connectivity index (χ0n) is 8.69. The summed E-state index contributed by atoms with van der Waals surface area (Å²) in [7, 11) is 0. The third kappa shape index (κ3) is 2.84. The maximum Gasteiger partial charge on any atom is 0.401 e. The van der Waals surface area contributed by atoms with Crippen molar-refractivity contribution in [1.82, 2.24) is 10.2 Å². The molecule has 15 heavy (non-hydrogen) atoms. The van der Waals surface area contributed by atoms with Gasteiger partial charge in [-0.15, -0.1) is 0 Å². The molecule has 1 N–H and O–H groups in total. The maximum absolute atomic E-state index is 12.3. The Labute approximate surface area is 87.8 Å². The first-order valence-electron chi connectivity index (χ1n) is 5.60. The van der Waals surface area contributed by atoms with Gasteiger partial charge in [-0.3, -0.25) is 4.90 Å². The Balaban J connectivity index is 1.97. The fraction of sp³-hybridized carbons (Fsp3) is 1.00. The number of nitrogens with one attached hydrogen (secondary N) is 1. The van der Waals surface area contributed by atoms with Crippen molar-refractivity contribution in [3.05, 3.63) is 0 Å². The van der Waals surface area contributed by atoms with Gasteiger partial charge < -0.3 is 5.32 Å². The lowest BCUT2D eigenvalue weighted by molar-refractivity contribution is -0.156. The summed E-state index contributed by atoms with van der Waals surface area (Å²) in [4.78, 5) is 1.61. The van der Waals surface area contributed by atoms with Crippen molar-refractivity contribution in [2.24, 2.45) is 0 Å². The van der Waals surface area contributed by atoms with Gasteiger partial charge in [-0.1, -0.05) is 12.8 Å². The maximum atomic E-state index is 12.3. The molecule has 0 aromatic rings. The molecule has 0 bridgehead atoms. The molecular formula is C10H17F3N2. The van der Waals surface area contributed by atoms with Gasteiger partial charge in [-0.25, -0.2) is 0 Å². The van der Waals surface area contributed by atoms with Crippen molar-refractivity contribution in [1.29, 1.82) is 0 Å². The zero-order valence-corrected chi connectivity index (χ0v) is 8.69. The largest absolute Gasteiger partial charge is 0.401 e. The first-order chi connectivity index (χ1) is 7.06. The molecule has 0 aromatic heterocycles. The fourth-order valence-electron chi connectivity index (χ4n) is 2.77. The molecular weight excluding hydrogens is 205 g/mol. The van der Waals surface area contributed by atoms with E-state index in [9.17, 15) is 13.2 Å². The van der Waals surface area contributed by atoms with Gasteiger partial charge in [0.2, 0.25) is 0 Å². The second-order valence-corrected chi connectivity index (χ2v) is 4.50. The standard InChI is InChI=1S/C10H17F3N2/c11-10(12,13)7-15-6-5-14-8-3-1-2-4-9(8)15/h8-9,14H,1-7H2/t8-,9-/m1/s1. The minimum Gasteiger partial charge on any atom is -0.311 e. The van der Waals surface area contributed by atoms with Crippen LogP contribution in [0.3, 0.4) is 0 Å². The lowest BCUT2D eigenvalue weighted by atomic mass is 9.87. The number of hydrogen-bond donors (Lipinski definition) is 1. The van der Waals surface area contributed by atoms with Crippen molar-refractivity contribution >= 4 is 0 Å². The number of rotatable bonds is 1. The topological polar surface area (TPSA) is 15.3 Å². The highest BCUT2D eigenvalue weighted by molar-refractivity contribution is 4.92. The number of fused-ring (bicyclic) bond motifs is 1. The summed E-state index contributed by atoms with van der Waals surface area (Å²) in [6.45, 7) is 0.480. The molecule has 1 aliphatic heterocycles. The van der Waals surface area contributed by atoms with Crippen LogP contribution in [0.5, 0.6) is 0 Å². The molecule has 2 fully saturated rings. The van der Waals surface area contributed by atoms with Gasteiger partial charge in [0.15, 0.2) is 0 Å². The molecule has 2 aliphatic rings. The third-order valence-corrected chi connectivity index (χ3v) is 3.39. The minimum atomic E-state index is -4.06. The van der Waals surface area contributed by atoms with Crippen LogP contribution in [0.4, 0.5) is 13.2 Å². The van der Waals surface area contributed by atoms with E-state index < -0.39 is 12.7 Å². The SMILES string of the molecule is FC(F)(F)CN1CCN[C@@H]2CCCC[C@H]21. The number of alkyl halides is 3.